The molecule has 0 unspecified atom stereocenters. The number of nitrogens with one attached hydrogen (secondary N) is 4. The van der Waals surface area contributed by atoms with E-state index in [1.54, 1.807) is 29.5 Å². The third-order valence-corrected chi connectivity index (χ3v) is 6.81. The molecule has 2 amide bonds. The molecule has 4 aromatic rings. The Bertz CT molecular complexity index is 1260. The average Bonchev–Trinajstić information content (AvgIpc) is 3.61. The van der Waals surface area contributed by atoms with Crippen molar-refractivity contribution < 1.29 is 9.59 Å². The summed E-state index contributed by atoms with van der Waals surface area (Å²) < 4.78 is 0. The van der Waals surface area contributed by atoms with Crippen LogP contribution in [0, 0.1) is 0 Å². The lowest BCUT2D eigenvalue weighted by Crippen LogP contribution is -2.22. The third kappa shape index (κ3) is 4.90. The maximum atomic E-state index is 12.8. The highest BCUT2D eigenvalue weighted by molar-refractivity contribution is 7.09. The molecule has 0 atom stereocenters. The Hall–Kier alpha value is -3.65. The number of hydrogen-bond acceptors (Lipinski definition) is 5. The van der Waals surface area contributed by atoms with E-state index in [0.29, 0.717) is 34.9 Å². The lowest BCUT2D eigenvalue weighted by molar-refractivity contribution is 0.0950. The second kappa shape index (κ2) is 9.46. The normalized spacial score (nSPS) is 13.8. The number of carbonyl (C=O) groups excluding carboxylic acids is 2. The van der Waals surface area contributed by atoms with Crippen molar-refractivity contribution in [3.05, 3.63) is 76.0 Å². The van der Waals surface area contributed by atoms with Crippen LogP contribution >= 0.6 is 11.3 Å². The van der Waals surface area contributed by atoms with E-state index in [4.69, 9.17) is 0 Å². The van der Waals surface area contributed by atoms with Gasteiger partial charge in [0.25, 0.3) is 11.8 Å². The van der Waals surface area contributed by atoms with Crippen molar-refractivity contribution in [2.45, 2.75) is 38.3 Å². The van der Waals surface area contributed by atoms with Crippen LogP contribution in [-0.2, 0) is 6.54 Å². The molecular weight excluding hydrogens is 434 g/mol. The molecule has 7 nitrogen and oxygen atoms in total. The minimum absolute atomic E-state index is 0.172. The number of carbonyl (C=O) groups is 2. The lowest BCUT2D eigenvalue weighted by atomic mass is 10.1. The van der Waals surface area contributed by atoms with Crippen LogP contribution in [0.4, 0.5) is 11.5 Å². The molecule has 1 aliphatic carbocycles. The number of aromatic nitrogens is 2. The number of H-pyrrole nitrogens is 1. The van der Waals surface area contributed by atoms with E-state index in [1.807, 2.05) is 41.8 Å². The topological polar surface area (TPSA) is 98.9 Å². The Morgan fingerprint density at radius 1 is 1.00 bits per heavy atom. The van der Waals surface area contributed by atoms with Gasteiger partial charge in [0.05, 0.1) is 12.1 Å². The molecule has 2 aromatic heterocycles. The van der Waals surface area contributed by atoms with Crippen LogP contribution in [0.15, 0.2) is 60.0 Å². The monoisotopic (exact) mass is 459 g/mol. The molecule has 2 aromatic carbocycles. The van der Waals surface area contributed by atoms with Gasteiger partial charge in [-0.2, -0.15) is 5.10 Å². The average molecular weight is 460 g/mol. The van der Waals surface area contributed by atoms with Gasteiger partial charge in [-0.25, -0.2) is 0 Å². The summed E-state index contributed by atoms with van der Waals surface area (Å²) in [7, 11) is 0. The molecule has 2 heterocycles. The van der Waals surface area contributed by atoms with Crippen LogP contribution in [0.25, 0.3) is 10.9 Å². The summed E-state index contributed by atoms with van der Waals surface area (Å²) in [6.07, 6.45) is 4.94. The number of rotatable bonds is 7. The van der Waals surface area contributed by atoms with Crippen molar-refractivity contribution in [2.75, 3.05) is 10.6 Å². The number of amides is 2. The van der Waals surface area contributed by atoms with Crippen molar-refractivity contribution in [2.24, 2.45) is 0 Å². The third-order valence-electron chi connectivity index (χ3n) is 5.93. The second-order valence-electron chi connectivity index (χ2n) is 8.25. The Balaban J connectivity index is 1.26. The molecule has 1 aliphatic rings. The van der Waals surface area contributed by atoms with E-state index in [2.05, 4.69) is 26.1 Å². The van der Waals surface area contributed by atoms with Crippen LogP contribution < -0.4 is 16.0 Å². The van der Waals surface area contributed by atoms with Gasteiger partial charge in [0.1, 0.15) is 0 Å². The molecule has 0 saturated heterocycles. The fourth-order valence-electron chi connectivity index (χ4n) is 4.14. The van der Waals surface area contributed by atoms with Gasteiger partial charge < -0.3 is 16.0 Å². The predicted molar refractivity (Wildman–Crippen MR) is 132 cm³/mol. The first-order chi connectivity index (χ1) is 16.2. The van der Waals surface area contributed by atoms with Crippen molar-refractivity contribution >= 4 is 45.6 Å². The number of hydrogen-bond donors (Lipinski definition) is 4. The summed E-state index contributed by atoms with van der Waals surface area (Å²) in [5, 5.41) is 19.1. The fourth-order valence-corrected chi connectivity index (χ4v) is 4.78. The smallest absolute Gasteiger partial charge is 0.256 e. The van der Waals surface area contributed by atoms with Gasteiger partial charge in [-0.3, -0.25) is 14.7 Å². The Morgan fingerprint density at radius 2 is 1.79 bits per heavy atom. The predicted octanol–water partition coefficient (Wildman–Crippen LogP) is 5.16. The highest BCUT2D eigenvalue weighted by Gasteiger charge is 2.16. The summed E-state index contributed by atoms with van der Waals surface area (Å²) in [4.78, 5) is 26.5. The molecule has 5 rings (SSSR count). The Morgan fingerprint density at radius 3 is 2.55 bits per heavy atom. The van der Waals surface area contributed by atoms with Crippen molar-refractivity contribution in [3.63, 3.8) is 0 Å². The standard InChI is InChI=1S/C25H25N5O2S/c31-24(26-15-20-6-3-13-33-20)17-9-12-22-21(14-17)23(30-29-22)28-25(32)16-7-10-19(11-8-16)27-18-4-1-2-5-18/h3,6-14,18,27H,1-2,4-5,15H2,(H,26,31)(H2,28,29,30,32). The van der Waals surface area contributed by atoms with E-state index < -0.39 is 0 Å². The highest BCUT2D eigenvalue weighted by atomic mass is 32.1. The minimum Gasteiger partial charge on any atom is -0.382 e. The molecule has 1 fully saturated rings. The van der Waals surface area contributed by atoms with Crippen molar-refractivity contribution in [3.8, 4) is 0 Å². The van der Waals surface area contributed by atoms with Gasteiger partial charge in [0, 0.05) is 33.1 Å². The summed E-state index contributed by atoms with van der Waals surface area (Å²) >= 11 is 1.60. The highest BCUT2D eigenvalue weighted by Crippen LogP contribution is 2.24. The summed E-state index contributed by atoms with van der Waals surface area (Å²) in [6, 6.07) is 17.2. The Kier molecular flexibility index (Phi) is 6.08. The van der Waals surface area contributed by atoms with Crippen molar-refractivity contribution in [1.82, 2.24) is 15.5 Å². The van der Waals surface area contributed by atoms with Gasteiger partial charge in [-0.15, -0.1) is 11.3 Å². The van der Waals surface area contributed by atoms with E-state index in [0.717, 1.165) is 16.1 Å². The van der Waals surface area contributed by atoms with Crippen molar-refractivity contribution in [1.29, 1.82) is 0 Å². The first-order valence-electron chi connectivity index (χ1n) is 11.1. The zero-order valence-electron chi connectivity index (χ0n) is 18.1. The van der Waals surface area contributed by atoms with Gasteiger partial charge >= 0.3 is 0 Å². The van der Waals surface area contributed by atoms with Crippen LogP contribution in [0.5, 0.6) is 0 Å². The molecule has 8 heteroatoms. The first-order valence-corrected chi connectivity index (χ1v) is 12.0. The maximum Gasteiger partial charge on any atom is 0.256 e. The molecule has 4 N–H and O–H groups in total. The summed E-state index contributed by atoms with van der Waals surface area (Å²) in [6.45, 7) is 0.481. The van der Waals surface area contributed by atoms with E-state index in [9.17, 15) is 9.59 Å². The second-order valence-corrected chi connectivity index (χ2v) is 9.28. The molecule has 1 saturated carbocycles. The van der Waals surface area contributed by atoms with Gasteiger partial charge in [-0.1, -0.05) is 18.9 Å². The van der Waals surface area contributed by atoms with Crippen LogP contribution in [0.2, 0.25) is 0 Å². The van der Waals surface area contributed by atoms with Crippen LogP contribution in [-0.4, -0.2) is 28.1 Å². The molecule has 33 heavy (non-hydrogen) atoms. The number of thiophene rings is 1. The largest absolute Gasteiger partial charge is 0.382 e. The molecule has 0 spiro atoms. The molecular formula is C25H25N5O2S. The van der Waals surface area contributed by atoms with E-state index in [-0.39, 0.29) is 11.8 Å². The molecule has 0 aliphatic heterocycles. The SMILES string of the molecule is O=C(NCc1cccs1)c1ccc2[nH]nc(NC(=O)c3ccc(NC4CCCC4)cc3)c2c1. The maximum absolute atomic E-state index is 12.8. The zero-order valence-corrected chi connectivity index (χ0v) is 18.9. The van der Waals surface area contributed by atoms with Gasteiger partial charge in [0.2, 0.25) is 0 Å². The van der Waals surface area contributed by atoms with Gasteiger partial charge in [-0.05, 0) is 66.8 Å². The lowest BCUT2D eigenvalue weighted by Gasteiger charge is -2.13. The van der Waals surface area contributed by atoms with Crippen LogP contribution in [0.3, 0.4) is 0 Å². The molecule has 168 valence electrons. The fraction of sp³-hybridized carbons (Fsp3) is 0.240. The quantitative estimate of drug-likeness (QED) is 0.307. The van der Waals surface area contributed by atoms with E-state index >= 15 is 0 Å². The molecule has 0 radical (unpaired) electrons. The number of nitrogens with zero attached hydrogens (tertiary/aromatic N) is 1. The zero-order chi connectivity index (χ0) is 22.6. The Labute approximate surface area is 195 Å². The number of aromatic amines is 1. The summed E-state index contributed by atoms with van der Waals surface area (Å²) in [5.41, 5.74) is 2.84. The summed E-state index contributed by atoms with van der Waals surface area (Å²) in [5.74, 6) is -0.0199. The van der Waals surface area contributed by atoms with Crippen LogP contribution in [0.1, 0.15) is 51.3 Å². The number of benzene rings is 2. The van der Waals surface area contributed by atoms with Gasteiger partial charge in [0.15, 0.2) is 5.82 Å². The van der Waals surface area contributed by atoms with E-state index in [1.165, 1.54) is 25.7 Å². The number of fused-ring (bicyclic) bond motifs is 1. The first kappa shape index (κ1) is 21.2. The number of anilines is 2. The molecule has 0 bridgehead atoms. The minimum atomic E-state index is -0.247.